The lowest BCUT2D eigenvalue weighted by Crippen LogP contribution is -2.56. The van der Waals surface area contributed by atoms with E-state index in [1.54, 1.807) is 19.1 Å². The number of fused-ring (bicyclic) bond motifs is 5. The number of carbonyl (C=O) groups is 2. The molecule has 0 amide bonds. The second-order valence-electron chi connectivity index (χ2n) is 8.40. The Balaban J connectivity index is 1.76. The van der Waals surface area contributed by atoms with Gasteiger partial charge in [0.2, 0.25) is 5.78 Å². The minimum absolute atomic E-state index is 0.192. The first-order valence-electron chi connectivity index (χ1n) is 10.1. The number of benzene rings is 2. The van der Waals surface area contributed by atoms with Crippen molar-refractivity contribution < 1.29 is 24.5 Å². The zero-order chi connectivity index (χ0) is 21.0. The Morgan fingerprint density at radius 2 is 2.00 bits per heavy atom. The molecule has 3 atom stereocenters. The van der Waals surface area contributed by atoms with Crippen molar-refractivity contribution in [1.82, 2.24) is 0 Å². The normalized spacial score (nSPS) is 27.9. The molecule has 5 nitrogen and oxygen atoms in total. The number of hydrogen-bond donors (Lipinski definition) is 2. The molecule has 0 aliphatic heterocycles. The number of phenols is 1. The van der Waals surface area contributed by atoms with Crippen LogP contribution < -0.4 is 0 Å². The summed E-state index contributed by atoms with van der Waals surface area (Å²) in [5, 5.41) is 23.4. The summed E-state index contributed by atoms with van der Waals surface area (Å²) < 4.78 is 5.05. The lowest BCUT2D eigenvalue weighted by molar-refractivity contribution is -0.163. The van der Waals surface area contributed by atoms with Gasteiger partial charge < -0.3 is 14.9 Å². The number of rotatable bonds is 4. The van der Waals surface area contributed by atoms with Gasteiger partial charge in [-0.15, -0.1) is 0 Å². The van der Waals surface area contributed by atoms with E-state index in [1.807, 2.05) is 38.1 Å². The van der Waals surface area contributed by atoms with Crippen LogP contribution in [-0.4, -0.2) is 34.2 Å². The lowest BCUT2D eigenvalue weighted by atomic mass is 9.60. The van der Waals surface area contributed by atoms with Crippen molar-refractivity contribution in [2.45, 2.75) is 45.6 Å². The van der Waals surface area contributed by atoms with Crippen LogP contribution in [-0.2, 0) is 20.7 Å². The molecule has 0 fully saturated rings. The largest absolute Gasteiger partial charge is 0.508 e. The molecule has 0 aromatic heterocycles. The van der Waals surface area contributed by atoms with Gasteiger partial charge in [0.05, 0.1) is 0 Å². The highest BCUT2D eigenvalue weighted by molar-refractivity contribution is 5.99. The molecule has 2 N–H and O–H groups in total. The summed E-state index contributed by atoms with van der Waals surface area (Å²) in [5.74, 6) is -1.06. The van der Waals surface area contributed by atoms with Crippen LogP contribution in [0.15, 0.2) is 36.4 Å². The fourth-order valence-electron chi connectivity index (χ4n) is 5.17. The van der Waals surface area contributed by atoms with Crippen LogP contribution in [0.4, 0.5) is 0 Å². The Bertz CT molecular complexity index is 1050. The fraction of sp³-hybridized carbons (Fsp3) is 0.417. The number of esters is 1. The van der Waals surface area contributed by atoms with E-state index in [2.05, 4.69) is 0 Å². The van der Waals surface area contributed by atoms with Crippen molar-refractivity contribution in [2.75, 3.05) is 6.61 Å². The van der Waals surface area contributed by atoms with Crippen molar-refractivity contribution in [3.05, 3.63) is 47.5 Å². The van der Waals surface area contributed by atoms with E-state index in [4.69, 9.17) is 4.74 Å². The van der Waals surface area contributed by atoms with Gasteiger partial charge in [0, 0.05) is 17.8 Å². The minimum atomic E-state index is -1.61. The Kier molecular flexibility index (Phi) is 4.54. The monoisotopic (exact) mass is 394 g/mol. The minimum Gasteiger partial charge on any atom is -0.508 e. The van der Waals surface area contributed by atoms with Crippen molar-refractivity contribution in [3.8, 4) is 5.75 Å². The summed E-state index contributed by atoms with van der Waals surface area (Å²) >= 11 is 0. The van der Waals surface area contributed by atoms with E-state index in [1.165, 1.54) is 5.56 Å². The van der Waals surface area contributed by atoms with E-state index < -0.39 is 35.3 Å². The van der Waals surface area contributed by atoms with Gasteiger partial charge in [-0.1, -0.05) is 45.0 Å². The standard InChI is InChI=1S/C24H26O5/c1-4-22(27)29-13-21(26)24(28)14(2)11-20-19-7-5-15-12-16(25)6-8-17(15)18(19)9-10-23(20,24)3/h5-8,11-12,14,25,28H,4,9-10,13H2,1-3H3/t14-,23-,24-/m0/s1. The number of carbonyl (C=O) groups excluding carboxylic acids is 2. The van der Waals surface area contributed by atoms with Gasteiger partial charge in [0.15, 0.2) is 6.61 Å². The molecule has 0 bridgehead atoms. The summed E-state index contributed by atoms with van der Waals surface area (Å²) in [6.45, 7) is 5.04. The van der Waals surface area contributed by atoms with Gasteiger partial charge in [-0.25, -0.2) is 0 Å². The van der Waals surface area contributed by atoms with Crippen molar-refractivity contribution in [1.29, 1.82) is 0 Å². The molecule has 4 rings (SSSR count). The predicted molar refractivity (Wildman–Crippen MR) is 110 cm³/mol. The third-order valence-corrected chi connectivity index (χ3v) is 6.87. The molecular formula is C24H26O5. The first-order chi connectivity index (χ1) is 13.7. The highest BCUT2D eigenvalue weighted by Gasteiger charge is 2.61. The van der Waals surface area contributed by atoms with E-state index >= 15 is 0 Å². The number of phenolic OH excluding ortho intramolecular Hbond substituents is 1. The maximum Gasteiger partial charge on any atom is 0.305 e. The van der Waals surface area contributed by atoms with Gasteiger partial charge in [-0.05, 0) is 52.4 Å². The quantitative estimate of drug-likeness (QED) is 0.771. The van der Waals surface area contributed by atoms with Gasteiger partial charge in [-0.3, -0.25) is 9.59 Å². The van der Waals surface area contributed by atoms with Gasteiger partial charge >= 0.3 is 5.97 Å². The highest BCUT2D eigenvalue weighted by atomic mass is 16.5. The average molecular weight is 394 g/mol. The summed E-state index contributed by atoms with van der Waals surface area (Å²) in [6, 6.07) is 9.33. The molecule has 0 radical (unpaired) electrons. The molecule has 29 heavy (non-hydrogen) atoms. The second kappa shape index (κ2) is 6.70. The maximum absolute atomic E-state index is 13.0. The molecule has 0 heterocycles. The number of aliphatic hydroxyl groups is 1. The number of aryl methyl sites for hydroxylation is 1. The van der Waals surface area contributed by atoms with Crippen LogP contribution in [0.5, 0.6) is 5.75 Å². The van der Waals surface area contributed by atoms with Crippen molar-refractivity contribution in [3.63, 3.8) is 0 Å². The molecule has 152 valence electrons. The molecule has 2 aromatic rings. The van der Waals surface area contributed by atoms with E-state index in [0.29, 0.717) is 12.8 Å². The maximum atomic E-state index is 13.0. The third kappa shape index (κ3) is 2.71. The van der Waals surface area contributed by atoms with E-state index in [-0.39, 0.29) is 12.2 Å². The molecule has 5 heteroatoms. The molecular weight excluding hydrogens is 368 g/mol. The van der Waals surface area contributed by atoms with Crippen LogP contribution in [0.3, 0.4) is 0 Å². The summed E-state index contributed by atoms with van der Waals surface area (Å²) in [4.78, 5) is 24.5. The number of ether oxygens (including phenoxy) is 1. The lowest BCUT2D eigenvalue weighted by Gasteiger charge is -2.45. The summed E-state index contributed by atoms with van der Waals surface area (Å²) in [7, 11) is 0. The Hall–Kier alpha value is -2.66. The topological polar surface area (TPSA) is 83.8 Å². The number of ketones is 1. The van der Waals surface area contributed by atoms with Crippen LogP contribution in [0, 0.1) is 11.3 Å². The molecule has 0 spiro atoms. The van der Waals surface area contributed by atoms with Crippen LogP contribution in [0.1, 0.15) is 44.7 Å². The second-order valence-corrected chi connectivity index (χ2v) is 8.40. The number of hydrogen-bond acceptors (Lipinski definition) is 5. The molecule has 0 saturated carbocycles. The van der Waals surface area contributed by atoms with Gasteiger partial charge in [0.1, 0.15) is 11.4 Å². The van der Waals surface area contributed by atoms with Crippen LogP contribution in [0.25, 0.3) is 16.3 Å². The first-order valence-corrected chi connectivity index (χ1v) is 10.1. The SMILES string of the molecule is CCC(=O)OCC(=O)[C@@]1(O)[C@@H](C)C=C2c3ccc4cc(O)ccc4c3CC[C@@]21C. The fourth-order valence-corrected chi connectivity index (χ4v) is 5.17. The smallest absolute Gasteiger partial charge is 0.305 e. The average Bonchev–Trinajstić information content (AvgIpc) is 2.92. The molecule has 0 saturated heterocycles. The van der Waals surface area contributed by atoms with E-state index in [9.17, 15) is 19.8 Å². The highest BCUT2D eigenvalue weighted by Crippen LogP contribution is 2.59. The third-order valence-electron chi connectivity index (χ3n) is 6.87. The number of aromatic hydroxyl groups is 1. The Morgan fingerprint density at radius 3 is 2.72 bits per heavy atom. The molecule has 2 aromatic carbocycles. The van der Waals surface area contributed by atoms with Gasteiger partial charge in [0.25, 0.3) is 0 Å². The van der Waals surface area contributed by atoms with Crippen molar-refractivity contribution >= 4 is 28.1 Å². The van der Waals surface area contributed by atoms with Gasteiger partial charge in [-0.2, -0.15) is 0 Å². The zero-order valence-electron chi connectivity index (χ0n) is 17.0. The molecule has 0 unspecified atom stereocenters. The first kappa shape index (κ1) is 19.6. The number of Topliss-reactive ketones (excluding diaryl/α,β-unsaturated/α-hetero) is 1. The van der Waals surface area contributed by atoms with Crippen LogP contribution >= 0.6 is 0 Å². The predicted octanol–water partition coefficient (Wildman–Crippen LogP) is 3.78. The Labute approximate surface area is 170 Å². The van der Waals surface area contributed by atoms with E-state index in [0.717, 1.165) is 21.9 Å². The van der Waals surface area contributed by atoms with Crippen LogP contribution in [0.2, 0.25) is 0 Å². The summed E-state index contributed by atoms with van der Waals surface area (Å²) in [6.07, 6.45) is 3.50. The zero-order valence-corrected chi connectivity index (χ0v) is 17.0. The summed E-state index contributed by atoms with van der Waals surface area (Å²) in [5.41, 5.74) is 0.821. The molecule has 2 aliphatic carbocycles. The molecule has 2 aliphatic rings. The van der Waals surface area contributed by atoms with Crippen molar-refractivity contribution in [2.24, 2.45) is 11.3 Å². The Morgan fingerprint density at radius 1 is 1.24 bits per heavy atom.